The monoisotopic (exact) mass is 360 g/mol. The second kappa shape index (κ2) is 7.27. The second-order valence-corrected chi connectivity index (χ2v) is 8.53. The van der Waals surface area contributed by atoms with Gasteiger partial charge in [-0.1, -0.05) is 18.6 Å². The Morgan fingerprint density at radius 3 is 2.00 bits per heavy atom. The molecule has 0 nitrogen and oxygen atoms in total. The molecule has 1 aliphatic rings. The standard InChI is InChI=1S/C15H20.2ClH.Zr/c1-6-13-7-14-11(4)9(2)10(3)12(5)15(14)8-13;;;/h7H,6,8H2,1-5H3;2*1H;/q;;;+2/p-2. The maximum absolute atomic E-state index is 4.93. The van der Waals surface area contributed by atoms with E-state index >= 15 is 0 Å². The Kier molecular flexibility index (Phi) is 6.66. The number of hydrogen-bond acceptors (Lipinski definition) is 0. The number of halogens is 2. The summed E-state index contributed by atoms with van der Waals surface area (Å²) < 4.78 is 0. The minimum atomic E-state index is -0.826. The van der Waals surface area contributed by atoms with Crippen LogP contribution in [0.2, 0.25) is 0 Å². The molecule has 0 N–H and O–H groups in total. The van der Waals surface area contributed by atoms with Gasteiger partial charge in [0, 0.05) is 0 Å². The number of fused-ring (bicyclic) bond motifs is 1. The molecule has 0 fully saturated rings. The number of hydrogen-bond donors (Lipinski definition) is 0. The Labute approximate surface area is 129 Å². The Morgan fingerprint density at radius 2 is 1.50 bits per heavy atom. The molecule has 0 bridgehead atoms. The minimum absolute atomic E-state index is 0.826. The first-order valence-electron chi connectivity index (χ1n) is 6.22. The molecule has 0 aromatic heterocycles. The van der Waals surface area contributed by atoms with E-state index in [1.807, 2.05) is 0 Å². The van der Waals surface area contributed by atoms with E-state index in [1.165, 1.54) is 40.7 Å². The zero-order chi connectivity index (χ0) is 13.9. The summed E-state index contributed by atoms with van der Waals surface area (Å²) in [6, 6.07) is 0. The van der Waals surface area contributed by atoms with Crippen molar-refractivity contribution < 1.29 is 20.8 Å². The molecule has 3 heteroatoms. The van der Waals surface area contributed by atoms with Gasteiger partial charge in [-0.15, -0.1) is 0 Å². The van der Waals surface area contributed by atoms with Crippen LogP contribution >= 0.6 is 17.0 Å². The topological polar surface area (TPSA) is 0 Å². The van der Waals surface area contributed by atoms with Crippen molar-refractivity contribution in [2.45, 2.75) is 47.5 Å². The molecule has 0 spiro atoms. The van der Waals surface area contributed by atoms with Crippen LogP contribution in [0.25, 0.3) is 6.08 Å². The molecule has 0 saturated carbocycles. The van der Waals surface area contributed by atoms with Gasteiger partial charge in [-0.3, -0.25) is 0 Å². The SMILES string of the molecule is CCC1=Cc2c(C)c(C)c(C)c(C)c2C1.[Cl][Zr][Cl]. The van der Waals surface area contributed by atoms with Gasteiger partial charge in [0.15, 0.2) is 0 Å². The third-order valence-electron chi connectivity index (χ3n) is 4.08. The van der Waals surface area contributed by atoms with E-state index in [1.54, 1.807) is 11.1 Å². The molecule has 2 rings (SSSR count). The van der Waals surface area contributed by atoms with Gasteiger partial charge in [0.05, 0.1) is 0 Å². The summed E-state index contributed by atoms with van der Waals surface area (Å²) in [6.45, 7) is 11.3. The van der Waals surface area contributed by atoms with Crippen molar-refractivity contribution in [3.8, 4) is 0 Å². The van der Waals surface area contributed by atoms with Crippen LogP contribution in [0.3, 0.4) is 0 Å². The normalized spacial score (nSPS) is 12.5. The third-order valence-corrected chi connectivity index (χ3v) is 4.08. The Morgan fingerprint density at radius 1 is 1.00 bits per heavy atom. The molecule has 0 amide bonds. The molecule has 0 unspecified atom stereocenters. The molecule has 0 atom stereocenters. The van der Waals surface area contributed by atoms with Gasteiger partial charge in [-0.05, 0) is 73.9 Å². The van der Waals surface area contributed by atoms with Crippen LogP contribution < -0.4 is 0 Å². The van der Waals surface area contributed by atoms with Gasteiger partial charge >= 0.3 is 37.9 Å². The Bertz CT molecular complexity index is 476. The summed E-state index contributed by atoms with van der Waals surface area (Å²) in [6.07, 6.45) is 4.77. The third kappa shape index (κ3) is 3.30. The van der Waals surface area contributed by atoms with Gasteiger partial charge in [0.25, 0.3) is 0 Å². The molecular weight excluding hydrogens is 342 g/mol. The van der Waals surface area contributed by atoms with Crippen LogP contribution in [0.4, 0.5) is 0 Å². The van der Waals surface area contributed by atoms with Crippen molar-refractivity contribution in [3.63, 3.8) is 0 Å². The fraction of sp³-hybridized carbons (Fsp3) is 0.467. The summed E-state index contributed by atoms with van der Waals surface area (Å²) in [5, 5.41) is 0. The van der Waals surface area contributed by atoms with Crippen LogP contribution in [0.5, 0.6) is 0 Å². The van der Waals surface area contributed by atoms with Crippen molar-refractivity contribution in [3.05, 3.63) is 39.0 Å². The molecule has 0 heterocycles. The average Bonchev–Trinajstić information content (AvgIpc) is 2.79. The van der Waals surface area contributed by atoms with Gasteiger partial charge in [0.1, 0.15) is 0 Å². The van der Waals surface area contributed by atoms with Crippen LogP contribution in [-0.4, -0.2) is 0 Å². The summed E-state index contributed by atoms with van der Waals surface area (Å²) in [4.78, 5) is 0. The summed E-state index contributed by atoms with van der Waals surface area (Å²) in [5.74, 6) is 0. The predicted octanol–water partition coefficient (Wildman–Crippen LogP) is 5.65. The van der Waals surface area contributed by atoms with Crippen molar-refractivity contribution in [2.24, 2.45) is 0 Å². The van der Waals surface area contributed by atoms with Gasteiger partial charge in [0.2, 0.25) is 0 Å². The fourth-order valence-electron chi connectivity index (χ4n) is 2.55. The number of rotatable bonds is 1. The van der Waals surface area contributed by atoms with E-state index < -0.39 is 20.8 Å². The molecule has 1 aromatic carbocycles. The molecule has 98 valence electrons. The van der Waals surface area contributed by atoms with Gasteiger partial charge in [-0.25, -0.2) is 0 Å². The van der Waals surface area contributed by atoms with Crippen LogP contribution in [-0.2, 0) is 27.3 Å². The van der Waals surface area contributed by atoms with E-state index in [0.717, 1.165) is 0 Å². The summed E-state index contributed by atoms with van der Waals surface area (Å²) >= 11 is -0.826. The summed E-state index contributed by atoms with van der Waals surface area (Å²) in [5.41, 5.74) is 10.6. The first-order valence-corrected chi connectivity index (χ1v) is 12.6. The van der Waals surface area contributed by atoms with Gasteiger partial charge < -0.3 is 0 Å². The van der Waals surface area contributed by atoms with E-state index in [4.69, 9.17) is 17.0 Å². The van der Waals surface area contributed by atoms with Crippen molar-refractivity contribution >= 4 is 23.1 Å². The zero-order valence-electron chi connectivity index (χ0n) is 11.7. The van der Waals surface area contributed by atoms with Crippen molar-refractivity contribution in [1.29, 1.82) is 0 Å². The second-order valence-electron chi connectivity index (χ2n) is 4.80. The van der Waals surface area contributed by atoms with Crippen molar-refractivity contribution in [2.75, 3.05) is 0 Å². The Balaban J connectivity index is 0.000000492. The predicted molar refractivity (Wildman–Crippen MR) is 79.1 cm³/mol. The van der Waals surface area contributed by atoms with Crippen LogP contribution in [0, 0.1) is 27.7 Å². The van der Waals surface area contributed by atoms with E-state index in [2.05, 4.69) is 40.7 Å². The van der Waals surface area contributed by atoms with Crippen molar-refractivity contribution in [1.82, 2.24) is 0 Å². The molecule has 0 aliphatic heterocycles. The molecule has 0 saturated heterocycles. The van der Waals surface area contributed by atoms with Gasteiger partial charge in [-0.2, -0.15) is 0 Å². The first kappa shape index (κ1) is 16.5. The van der Waals surface area contributed by atoms with E-state index in [0.29, 0.717) is 0 Å². The first-order chi connectivity index (χ1) is 8.47. The molecular formula is C15H20Cl2Zr. The van der Waals surface area contributed by atoms with Crippen LogP contribution in [0.1, 0.15) is 46.7 Å². The number of benzene rings is 1. The fourth-order valence-corrected chi connectivity index (χ4v) is 2.55. The zero-order valence-corrected chi connectivity index (χ0v) is 15.7. The Hall–Kier alpha value is 0.423. The molecule has 1 aromatic rings. The summed E-state index contributed by atoms with van der Waals surface area (Å²) in [7, 11) is 9.87. The van der Waals surface area contributed by atoms with E-state index in [-0.39, 0.29) is 0 Å². The number of allylic oxidation sites excluding steroid dienone is 1. The van der Waals surface area contributed by atoms with Crippen LogP contribution in [0.15, 0.2) is 5.57 Å². The average molecular weight is 362 g/mol. The quantitative estimate of drug-likeness (QED) is 0.606. The molecule has 18 heavy (non-hydrogen) atoms. The maximum atomic E-state index is 4.93. The molecule has 1 aliphatic carbocycles. The van der Waals surface area contributed by atoms with E-state index in [9.17, 15) is 0 Å². The molecule has 0 radical (unpaired) electrons.